The lowest BCUT2D eigenvalue weighted by Crippen LogP contribution is -2.99. The number of hydrazone groups is 1. The highest BCUT2D eigenvalue weighted by Gasteiger charge is 2.40. The zero-order valence-corrected chi connectivity index (χ0v) is 18.5. The molecule has 4 rings (SSSR count). The topological polar surface area (TPSA) is 151 Å². The highest BCUT2D eigenvalue weighted by atomic mass is 19.1. The summed E-state index contributed by atoms with van der Waals surface area (Å²) < 4.78 is 13.8. The van der Waals surface area contributed by atoms with E-state index < -0.39 is 41.2 Å². The van der Waals surface area contributed by atoms with Gasteiger partial charge in [-0.15, -0.1) is 5.11 Å². The average molecular weight is 490 g/mol. The van der Waals surface area contributed by atoms with Crippen molar-refractivity contribution in [1.29, 1.82) is 0 Å². The maximum Gasteiger partial charge on any atom is 0.282 e. The number of hydrogen-bond acceptors (Lipinski definition) is 8. The molecule has 3 aromatic carbocycles. The van der Waals surface area contributed by atoms with Crippen LogP contribution in [0.2, 0.25) is 0 Å². The third-order valence-electron chi connectivity index (χ3n) is 5.09. The van der Waals surface area contributed by atoms with E-state index in [9.17, 15) is 29.2 Å². The van der Waals surface area contributed by atoms with Crippen LogP contribution in [0.25, 0.3) is 0 Å². The van der Waals surface area contributed by atoms with E-state index in [-0.39, 0.29) is 22.8 Å². The number of rotatable bonds is 7. The Morgan fingerprint density at radius 1 is 1.06 bits per heavy atom. The van der Waals surface area contributed by atoms with Gasteiger partial charge in [0.2, 0.25) is 5.91 Å². The quantitative estimate of drug-likeness (QED) is 0.264. The van der Waals surface area contributed by atoms with Gasteiger partial charge in [-0.05, 0) is 18.2 Å². The van der Waals surface area contributed by atoms with E-state index >= 15 is 0 Å². The van der Waals surface area contributed by atoms with Gasteiger partial charge in [0.1, 0.15) is 23.6 Å². The van der Waals surface area contributed by atoms with Crippen LogP contribution in [0, 0.1) is 11.0 Å². The van der Waals surface area contributed by atoms with Crippen LogP contribution < -0.4 is 10.5 Å². The lowest BCUT2D eigenvalue weighted by atomic mass is 10.0. The number of para-hydroxylation sites is 2. The number of nitrogens with zero attached hydrogens (tertiary/aromatic N) is 4. The van der Waals surface area contributed by atoms with Crippen molar-refractivity contribution >= 4 is 40.5 Å². The Bertz CT molecular complexity index is 1360. The summed E-state index contributed by atoms with van der Waals surface area (Å²) in [5, 5.41) is 34.4. The van der Waals surface area contributed by atoms with Crippen LogP contribution in [0.3, 0.4) is 0 Å². The molecule has 11 nitrogen and oxygen atoms in total. The number of benzene rings is 3. The smallest absolute Gasteiger partial charge is 0.282 e. The Kier molecular flexibility index (Phi) is 7.30. The molecule has 0 saturated heterocycles. The molecule has 0 bridgehead atoms. The van der Waals surface area contributed by atoms with Crippen molar-refractivity contribution in [3.63, 3.8) is 0 Å². The van der Waals surface area contributed by atoms with Crippen LogP contribution in [-0.4, -0.2) is 39.7 Å². The van der Waals surface area contributed by atoms with Gasteiger partial charge in [-0.3, -0.25) is 14.4 Å². The summed E-state index contributed by atoms with van der Waals surface area (Å²) in [4.78, 5) is 38.2. The zero-order valence-electron chi connectivity index (χ0n) is 18.5. The molecule has 3 aromatic rings. The Morgan fingerprint density at radius 3 is 2.44 bits per heavy atom. The Balaban J connectivity index is 1.58. The Labute approximate surface area is 203 Å². The number of nitrogens with one attached hydrogen (secondary N) is 2. The summed E-state index contributed by atoms with van der Waals surface area (Å²) in [6.45, 7) is 0. The van der Waals surface area contributed by atoms with Gasteiger partial charge in [-0.25, -0.2) is 9.60 Å². The molecule has 0 fully saturated rings. The van der Waals surface area contributed by atoms with Gasteiger partial charge in [0, 0.05) is 11.6 Å². The predicted octanol–water partition coefficient (Wildman–Crippen LogP) is 2.48. The highest BCUT2D eigenvalue weighted by molar-refractivity contribution is 6.23. The van der Waals surface area contributed by atoms with E-state index in [0.717, 1.165) is 6.07 Å². The number of carbonyl (C=O) groups excluding carboxylic acids is 3. The molecule has 0 radical (unpaired) electrons. The molecule has 0 aliphatic carbocycles. The van der Waals surface area contributed by atoms with Crippen LogP contribution in [0.4, 0.5) is 21.5 Å². The molecule has 1 aliphatic rings. The van der Waals surface area contributed by atoms with Gasteiger partial charge in [0.05, 0.1) is 5.69 Å². The first-order valence-corrected chi connectivity index (χ1v) is 10.6. The van der Waals surface area contributed by atoms with Crippen LogP contribution >= 0.6 is 0 Å². The van der Waals surface area contributed by atoms with Crippen LogP contribution in [0.1, 0.15) is 12.0 Å². The van der Waals surface area contributed by atoms with Gasteiger partial charge in [-0.2, -0.15) is 20.5 Å². The van der Waals surface area contributed by atoms with E-state index in [2.05, 4.69) is 20.6 Å². The Hall–Kier alpha value is -4.65. The molecule has 0 aromatic heterocycles. The number of azo groups is 1. The minimum absolute atomic E-state index is 0.0132. The van der Waals surface area contributed by atoms with Gasteiger partial charge >= 0.3 is 0 Å². The van der Waals surface area contributed by atoms with Crippen LogP contribution in [0.5, 0.6) is 0 Å². The van der Waals surface area contributed by atoms with E-state index in [4.69, 9.17) is 0 Å². The number of hydrogen-bond donors (Lipinski definition) is 3. The first-order chi connectivity index (χ1) is 17.3. The number of halogens is 1. The van der Waals surface area contributed by atoms with Crippen molar-refractivity contribution < 1.29 is 29.2 Å². The van der Waals surface area contributed by atoms with Gasteiger partial charge in [0.25, 0.3) is 11.8 Å². The molecular weight excluding hydrogens is 471 g/mol. The summed E-state index contributed by atoms with van der Waals surface area (Å²) in [5.74, 6) is -3.34. The first-order valence-electron chi connectivity index (χ1n) is 10.6. The van der Waals surface area contributed by atoms with Crippen LogP contribution in [0.15, 0.2) is 94.2 Å². The molecule has 2 atom stereocenters. The summed E-state index contributed by atoms with van der Waals surface area (Å²) in [7, 11) is 0. The Morgan fingerprint density at radius 2 is 1.72 bits per heavy atom. The van der Waals surface area contributed by atoms with Crippen molar-refractivity contribution in [1.82, 2.24) is 5.01 Å². The number of amides is 3. The lowest BCUT2D eigenvalue weighted by Gasteiger charge is -2.13. The second-order valence-electron chi connectivity index (χ2n) is 7.54. The second kappa shape index (κ2) is 10.7. The van der Waals surface area contributed by atoms with Crippen molar-refractivity contribution in [3.05, 3.63) is 95.5 Å². The summed E-state index contributed by atoms with van der Waals surface area (Å²) in [5.41, 5.74) is 0.356. The molecule has 2 unspecified atom stereocenters. The molecule has 182 valence electrons. The molecule has 1 aliphatic heterocycles. The maximum absolute atomic E-state index is 13.8. The summed E-state index contributed by atoms with van der Waals surface area (Å²) in [6.07, 6.45) is -0.780. The van der Waals surface area contributed by atoms with E-state index in [1.807, 2.05) is 0 Å². The predicted molar refractivity (Wildman–Crippen MR) is 125 cm³/mol. The second-order valence-corrected chi connectivity index (χ2v) is 7.54. The minimum Gasteiger partial charge on any atom is -0.595 e. The average Bonchev–Trinajstić information content (AvgIpc) is 3.21. The van der Waals surface area contributed by atoms with Crippen molar-refractivity contribution in [2.75, 3.05) is 5.32 Å². The fourth-order valence-corrected chi connectivity index (χ4v) is 3.38. The van der Waals surface area contributed by atoms with Crippen molar-refractivity contribution in [2.24, 2.45) is 15.3 Å². The standard InChI is InChI=1S/C24H19FN6O5/c25-16-10-4-5-11-17(16)26-20(32)14-21(33)30-24(34)23(22(29-30)15-8-2-1-3-9-15)28-27-18-12-6-7-13-19(18)31(35)36/h1-13,23,31,35H,14H2,(H,26,32). The fourth-order valence-electron chi connectivity index (χ4n) is 3.38. The largest absolute Gasteiger partial charge is 0.595 e. The van der Waals surface area contributed by atoms with Gasteiger partial charge < -0.3 is 10.5 Å². The van der Waals surface area contributed by atoms with Crippen molar-refractivity contribution in [3.8, 4) is 0 Å². The van der Waals surface area contributed by atoms with E-state index in [1.165, 1.54) is 36.4 Å². The minimum atomic E-state index is -1.35. The number of carbonyl (C=O) groups is 3. The lowest BCUT2D eigenvalue weighted by molar-refractivity contribution is -0.990. The zero-order chi connectivity index (χ0) is 25.7. The molecule has 0 spiro atoms. The summed E-state index contributed by atoms with van der Waals surface area (Å²) in [6, 6.07) is 18.4. The third-order valence-corrected chi connectivity index (χ3v) is 5.09. The third kappa shape index (κ3) is 5.36. The molecule has 0 saturated carbocycles. The van der Waals surface area contributed by atoms with Crippen molar-refractivity contribution in [2.45, 2.75) is 12.5 Å². The van der Waals surface area contributed by atoms with E-state index in [1.54, 1.807) is 36.4 Å². The maximum atomic E-state index is 13.8. The monoisotopic (exact) mass is 490 g/mol. The van der Waals surface area contributed by atoms with E-state index in [0.29, 0.717) is 10.6 Å². The molecule has 1 heterocycles. The first kappa shape index (κ1) is 24.5. The molecule has 12 heteroatoms. The molecular formula is C24H19FN6O5. The molecule has 36 heavy (non-hydrogen) atoms. The summed E-state index contributed by atoms with van der Waals surface area (Å²) >= 11 is 0. The normalized spacial score (nSPS) is 16.2. The van der Waals surface area contributed by atoms with Crippen LogP contribution in [-0.2, 0) is 14.4 Å². The van der Waals surface area contributed by atoms with Gasteiger partial charge in [-0.1, -0.05) is 54.6 Å². The highest BCUT2D eigenvalue weighted by Crippen LogP contribution is 2.25. The SMILES string of the molecule is O=C(CC(=O)N1N=C(c2ccccc2)C(N=Nc2ccccc2[NH+]([O-])O)C1=O)Nc1ccccc1F. The van der Waals surface area contributed by atoms with Gasteiger partial charge in [0.15, 0.2) is 11.7 Å². The molecule has 3 N–H and O–H groups in total. The fraction of sp³-hybridized carbons (Fsp3) is 0.0833. The number of imide groups is 1. The number of anilines is 1. The molecule has 3 amide bonds. The number of quaternary nitrogens is 1.